The second kappa shape index (κ2) is 17.9. The number of nitrogens with zero attached hydrogens (tertiary/aromatic N) is 3. The number of hydrogen-bond donors (Lipinski definition) is 3. The van der Waals surface area contributed by atoms with E-state index in [1.54, 1.807) is 48.4 Å². The van der Waals surface area contributed by atoms with E-state index in [0.717, 1.165) is 47.6 Å². The van der Waals surface area contributed by atoms with Crippen molar-refractivity contribution in [3.63, 3.8) is 0 Å². The molecule has 0 unspecified atom stereocenters. The molecule has 3 aliphatic rings. The Kier molecular flexibility index (Phi) is 12.6. The van der Waals surface area contributed by atoms with E-state index in [0.29, 0.717) is 35.4 Å². The highest BCUT2D eigenvalue weighted by atomic mass is 16.7. The van der Waals surface area contributed by atoms with Crippen molar-refractivity contribution < 1.29 is 39.3 Å². The zero-order valence-electron chi connectivity index (χ0n) is 32.7. The number of nitro groups is 1. The van der Waals surface area contributed by atoms with Crippen LogP contribution in [0.25, 0.3) is 10.8 Å². The number of likely N-dealkylation sites (N-methyl/N-ethyl adjacent to an activating group) is 1. The summed E-state index contributed by atoms with van der Waals surface area (Å²) in [6.07, 6.45) is 8.50. The maximum atomic E-state index is 14.7. The average Bonchev–Trinajstić information content (AvgIpc) is 3.24. The van der Waals surface area contributed by atoms with Gasteiger partial charge in [0.15, 0.2) is 0 Å². The van der Waals surface area contributed by atoms with Gasteiger partial charge in [0.25, 0.3) is 11.6 Å². The maximum Gasteiger partial charge on any atom is 0.269 e. The monoisotopic (exact) mass is 789 g/mol. The predicted octanol–water partition coefficient (Wildman–Crippen LogP) is 8.06. The fourth-order valence-corrected chi connectivity index (χ4v) is 9.30. The summed E-state index contributed by atoms with van der Waals surface area (Å²) in [4.78, 5) is 33.3. The lowest BCUT2D eigenvalue weighted by Crippen LogP contribution is -2.69. The van der Waals surface area contributed by atoms with Crippen LogP contribution < -0.4 is 4.74 Å². The Morgan fingerprint density at radius 1 is 1.00 bits per heavy atom. The molecule has 0 aromatic heterocycles. The molecular weight excluding hydrogens is 739 g/mol. The van der Waals surface area contributed by atoms with Crippen molar-refractivity contribution in [1.29, 1.82) is 0 Å². The third kappa shape index (κ3) is 8.09. The second-order valence-electron chi connectivity index (χ2n) is 15.5. The van der Waals surface area contributed by atoms with Gasteiger partial charge in [-0.25, -0.2) is 0 Å². The average molecular weight is 790 g/mol. The highest BCUT2D eigenvalue weighted by Crippen LogP contribution is 2.61. The van der Waals surface area contributed by atoms with Crippen molar-refractivity contribution in [3.05, 3.63) is 136 Å². The summed E-state index contributed by atoms with van der Waals surface area (Å²) in [7, 11) is 1.76. The number of fused-ring (bicyclic) bond motifs is 3. The van der Waals surface area contributed by atoms with E-state index in [9.17, 15) is 30.2 Å². The van der Waals surface area contributed by atoms with Crippen LogP contribution >= 0.6 is 0 Å². The fourth-order valence-electron chi connectivity index (χ4n) is 9.30. The number of aliphatic hydroxyl groups is 2. The standard InChI is InChI=1S/C46H51N3O9/c1-3-24-56-46-42(48(2)45(53)34-17-16-31-10-4-5-11-32(31)25-34)28-40(47-57-29-30-14-18-35(19-15-30)49(54)55)38-26-33(12-6-8-22-50)37(13-7-9-23-51)43(44(38)46)39-27-36(52)20-21-41(39)58-46/h3-5,10-11,14-21,25-27,33,37,42-44,50-52H,1,6-9,12-13,22-24,28-29H2,2H3/t33-,37+,42-,43+,44+,46+/m0/s1. The van der Waals surface area contributed by atoms with Gasteiger partial charge in [-0.05, 0) is 102 Å². The SMILES string of the molecule is C=CCO[C@@]12Oc3ccc(O)cc3[C@H]3[C@H](CCCCO)[C@@H](CCCCO)C=C(C(=NOCc4ccc([N+](=O)[O-])cc4)C[C@@H]1N(C)C(=O)c1ccc4ccccc4c1)[C@H]32. The number of aromatic hydroxyl groups is 1. The third-order valence-corrected chi connectivity index (χ3v) is 12.0. The number of rotatable bonds is 17. The molecular formula is C46H51N3O9. The minimum Gasteiger partial charge on any atom is -0.508 e. The van der Waals surface area contributed by atoms with Crippen molar-refractivity contribution in [1.82, 2.24) is 4.90 Å². The molecule has 12 heteroatoms. The van der Waals surface area contributed by atoms with Gasteiger partial charge in [-0.3, -0.25) is 14.9 Å². The Bertz CT molecular complexity index is 2190. The smallest absolute Gasteiger partial charge is 0.269 e. The number of oxime groups is 1. The number of non-ortho nitro benzene ring substituents is 1. The maximum absolute atomic E-state index is 14.7. The number of aliphatic hydroxyl groups excluding tert-OH is 2. The van der Waals surface area contributed by atoms with E-state index in [1.807, 2.05) is 42.5 Å². The van der Waals surface area contributed by atoms with Crippen LogP contribution in [0.2, 0.25) is 0 Å². The first-order valence-electron chi connectivity index (χ1n) is 20.1. The molecule has 1 aliphatic heterocycles. The molecule has 58 heavy (non-hydrogen) atoms. The lowest BCUT2D eigenvalue weighted by molar-refractivity contribution is -0.384. The van der Waals surface area contributed by atoms with E-state index in [1.165, 1.54) is 12.1 Å². The van der Waals surface area contributed by atoms with Crippen LogP contribution in [0.3, 0.4) is 0 Å². The van der Waals surface area contributed by atoms with Crippen LogP contribution in [-0.4, -0.2) is 75.5 Å². The van der Waals surface area contributed by atoms with Gasteiger partial charge in [0.1, 0.15) is 24.1 Å². The van der Waals surface area contributed by atoms with Crippen molar-refractivity contribution in [2.45, 2.75) is 69.3 Å². The van der Waals surface area contributed by atoms with Crippen molar-refractivity contribution in [2.75, 3.05) is 26.9 Å². The number of unbranched alkanes of at least 4 members (excludes halogenated alkanes) is 2. The number of nitro benzene ring substituents is 1. The second-order valence-corrected chi connectivity index (χ2v) is 15.5. The van der Waals surface area contributed by atoms with Gasteiger partial charge in [-0.1, -0.05) is 60.5 Å². The Labute approximate surface area is 338 Å². The Morgan fingerprint density at radius 3 is 2.47 bits per heavy atom. The summed E-state index contributed by atoms with van der Waals surface area (Å²) in [5.74, 6) is -1.77. The predicted molar refractivity (Wildman–Crippen MR) is 221 cm³/mol. The molecule has 4 aromatic carbocycles. The summed E-state index contributed by atoms with van der Waals surface area (Å²) in [5.41, 5.74) is 3.48. The van der Waals surface area contributed by atoms with Crippen LogP contribution in [0.4, 0.5) is 5.69 Å². The molecule has 0 saturated heterocycles. The number of carbonyl (C=O) groups is 1. The Morgan fingerprint density at radius 2 is 1.74 bits per heavy atom. The molecule has 7 rings (SSSR count). The number of carbonyl (C=O) groups excluding carboxylic acids is 1. The van der Waals surface area contributed by atoms with Crippen LogP contribution in [0, 0.1) is 27.9 Å². The number of hydrogen-bond acceptors (Lipinski definition) is 10. The largest absolute Gasteiger partial charge is 0.508 e. The van der Waals surface area contributed by atoms with Crippen LogP contribution in [-0.2, 0) is 16.2 Å². The molecule has 1 saturated carbocycles. The quantitative estimate of drug-likeness (QED) is 0.0416. The molecule has 12 nitrogen and oxygen atoms in total. The molecule has 1 heterocycles. The highest BCUT2D eigenvalue weighted by Gasteiger charge is 2.65. The van der Waals surface area contributed by atoms with Crippen LogP contribution in [0.15, 0.2) is 114 Å². The van der Waals surface area contributed by atoms with E-state index in [2.05, 4.69) is 12.7 Å². The summed E-state index contributed by atoms with van der Waals surface area (Å²) < 4.78 is 14.1. The van der Waals surface area contributed by atoms with Crippen LogP contribution in [0.5, 0.6) is 11.5 Å². The summed E-state index contributed by atoms with van der Waals surface area (Å²) in [5, 5.41) is 48.6. The number of amides is 1. The first-order chi connectivity index (χ1) is 28.2. The molecule has 2 aliphatic carbocycles. The van der Waals surface area contributed by atoms with E-state index < -0.39 is 22.7 Å². The van der Waals surface area contributed by atoms with Gasteiger partial charge in [0, 0.05) is 55.9 Å². The number of allylic oxidation sites excluding steroid dienone is 1. The van der Waals surface area contributed by atoms with Gasteiger partial charge in [0.05, 0.1) is 23.2 Å². The zero-order valence-corrected chi connectivity index (χ0v) is 32.7. The number of benzene rings is 4. The Hall–Kier alpha value is -5.56. The first kappa shape index (κ1) is 40.6. The topological polar surface area (TPSA) is 164 Å². The van der Waals surface area contributed by atoms with E-state index in [4.69, 9.17) is 19.5 Å². The minimum atomic E-state index is -1.43. The lowest BCUT2D eigenvalue weighted by atomic mass is 9.55. The van der Waals surface area contributed by atoms with Crippen LogP contribution in [0.1, 0.15) is 72.3 Å². The molecule has 0 radical (unpaired) electrons. The van der Waals surface area contributed by atoms with E-state index >= 15 is 0 Å². The molecule has 304 valence electrons. The van der Waals surface area contributed by atoms with Gasteiger partial charge in [-0.2, -0.15) is 0 Å². The molecule has 4 aromatic rings. The highest BCUT2D eigenvalue weighted by molar-refractivity contribution is 6.04. The van der Waals surface area contributed by atoms with Crippen molar-refractivity contribution in [3.8, 4) is 11.5 Å². The molecule has 6 atom stereocenters. The molecule has 3 N–H and O–H groups in total. The number of phenolic OH excluding ortho intramolecular Hbond substituents is 1. The molecule has 0 bridgehead atoms. The van der Waals surface area contributed by atoms with Gasteiger partial charge in [0.2, 0.25) is 5.79 Å². The van der Waals surface area contributed by atoms with Gasteiger partial charge < -0.3 is 34.5 Å². The summed E-state index contributed by atoms with van der Waals surface area (Å²) >= 11 is 0. The van der Waals surface area contributed by atoms with Gasteiger partial charge >= 0.3 is 0 Å². The fraction of sp³-hybridized carbons (Fsp3) is 0.391. The number of ether oxygens (including phenoxy) is 2. The van der Waals surface area contributed by atoms with Crippen molar-refractivity contribution >= 4 is 28.1 Å². The third-order valence-electron chi connectivity index (χ3n) is 12.0. The number of phenols is 1. The Balaban J connectivity index is 1.39. The summed E-state index contributed by atoms with van der Waals surface area (Å²) in [6, 6.07) is 24.0. The normalized spacial score (nSPS) is 23.9. The molecule has 1 amide bonds. The van der Waals surface area contributed by atoms with E-state index in [-0.39, 0.29) is 67.9 Å². The minimum absolute atomic E-state index is 0.0117. The molecule has 1 fully saturated rings. The van der Waals surface area contributed by atoms with Gasteiger partial charge in [-0.15, -0.1) is 6.58 Å². The lowest BCUT2D eigenvalue weighted by Gasteiger charge is -2.59. The van der Waals surface area contributed by atoms with Crippen molar-refractivity contribution in [2.24, 2.45) is 22.9 Å². The summed E-state index contributed by atoms with van der Waals surface area (Å²) in [6.45, 7) is 4.29. The molecule has 0 spiro atoms. The zero-order chi connectivity index (χ0) is 40.8. The first-order valence-corrected chi connectivity index (χ1v) is 20.1.